The summed E-state index contributed by atoms with van der Waals surface area (Å²) in [6, 6.07) is 30.4. The van der Waals surface area contributed by atoms with E-state index in [9.17, 15) is 14.7 Å². The van der Waals surface area contributed by atoms with Crippen molar-refractivity contribution in [3.8, 4) is 0 Å². The standard InChI is InChI=1S/C30H23ClN2O3/c1-19-6-5-7-21(18-19)27-26(28(34)20-10-12-22(31)13-11-20)29(35)30(36)33(27)25-16-14-24(15-17-25)32-23-8-3-2-4-9-23/h2-18,27,32,34H,1H3/b28-26-. The van der Waals surface area contributed by atoms with Gasteiger partial charge in [-0.15, -0.1) is 0 Å². The topological polar surface area (TPSA) is 69.6 Å². The summed E-state index contributed by atoms with van der Waals surface area (Å²) in [7, 11) is 0. The Morgan fingerprint density at radius 2 is 1.50 bits per heavy atom. The van der Waals surface area contributed by atoms with E-state index >= 15 is 0 Å². The number of halogens is 1. The number of hydrogen-bond donors (Lipinski definition) is 2. The Kier molecular flexibility index (Phi) is 6.32. The van der Waals surface area contributed by atoms with Gasteiger partial charge in [-0.1, -0.05) is 59.6 Å². The van der Waals surface area contributed by atoms with E-state index in [-0.39, 0.29) is 11.3 Å². The fraction of sp³-hybridized carbons (Fsp3) is 0.0667. The molecule has 1 fully saturated rings. The van der Waals surface area contributed by atoms with Gasteiger partial charge in [-0.05, 0) is 73.2 Å². The van der Waals surface area contributed by atoms with E-state index in [4.69, 9.17) is 11.6 Å². The van der Waals surface area contributed by atoms with Crippen molar-refractivity contribution in [3.63, 3.8) is 0 Å². The van der Waals surface area contributed by atoms with Crippen LogP contribution in [0.3, 0.4) is 0 Å². The number of nitrogens with zero attached hydrogens (tertiary/aromatic N) is 1. The van der Waals surface area contributed by atoms with Crippen LogP contribution in [0.15, 0.2) is 109 Å². The van der Waals surface area contributed by atoms with E-state index in [0.717, 1.165) is 22.5 Å². The molecule has 0 saturated carbocycles. The van der Waals surface area contributed by atoms with E-state index < -0.39 is 17.7 Å². The molecule has 0 bridgehead atoms. The zero-order valence-corrected chi connectivity index (χ0v) is 20.2. The predicted molar refractivity (Wildman–Crippen MR) is 144 cm³/mol. The zero-order chi connectivity index (χ0) is 25.2. The van der Waals surface area contributed by atoms with Gasteiger partial charge in [0.25, 0.3) is 11.7 Å². The van der Waals surface area contributed by atoms with Crippen molar-refractivity contribution in [3.05, 3.63) is 130 Å². The fourth-order valence-corrected chi connectivity index (χ4v) is 4.54. The highest BCUT2D eigenvalue weighted by molar-refractivity contribution is 6.51. The smallest absolute Gasteiger partial charge is 0.300 e. The molecule has 0 aliphatic carbocycles. The molecular weight excluding hydrogens is 472 g/mol. The van der Waals surface area contributed by atoms with Crippen LogP contribution in [0.25, 0.3) is 5.76 Å². The lowest BCUT2D eigenvalue weighted by Gasteiger charge is -2.26. The number of aliphatic hydroxyl groups excluding tert-OH is 1. The second-order valence-corrected chi connectivity index (χ2v) is 9.06. The summed E-state index contributed by atoms with van der Waals surface area (Å²) in [5.74, 6) is -1.66. The number of Topliss-reactive ketones (excluding diaryl/α,β-unsaturated/α-hetero) is 1. The Morgan fingerprint density at radius 3 is 2.17 bits per heavy atom. The molecule has 2 N–H and O–H groups in total. The molecular formula is C30H23ClN2O3. The fourth-order valence-electron chi connectivity index (χ4n) is 4.41. The van der Waals surface area contributed by atoms with Gasteiger partial charge in [-0.3, -0.25) is 14.5 Å². The number of rotatable bonds is 5. The zero-order valence-electron chi connectivity index (χ0n) is 19.5. The number of carbonyl (C=O) groups excluding carboxylic acids is 2. The Hall–Kier alpha value is -4.35. The Labute approximate surface area is 214 Å². The first-order valence-corrected chi connectivity index (χ1v) is 11.9. The summed E-state index contributed by atoms with van der Waals surface area (Å²) in [5.41, 5.74) is 4.50. The van der Waals surface area contributed by atoms with Gasteiger partial charge >= 0.3 is 0 Å². The van der Waals surface area contributed by atoms with Crippen LogP contribution in [0.1, 0.15) is 22.7 Å². The summed E-state index contributed by atoms with van der Waals surface area (Å²) in [6.45, 7) is 1.94. The van der Waals surface area contributed by atoms with Crippen molar-refractivity contribution < 1.29 is 14.7 Å². The van der Waals surface area contributed by atoms with Gasteiger partial charge in [0.15, 0.2) is 0 Å². The molecule has 1 aliphatic heterocycles. The monoisotopic (exact) mass is 494 g/mol. The third kappa shape index (κ3) is 4.49. The van der Waals surface area contributed by atoms with Crippen molar-refractivity contribution in [2.75, 3.05) is 10.2 Å². The number of para-hydroxylation sites is 1. The highest BCUT2D eigenvalue weighted by Crippen LogP contribution is 2.42. The molecule has 178 valence electrons. The van der Waals surface area contributed by atoms with Crippen LogP contribution in [0.4, 0.5) is 17.1 Å². The number of aliphatic hydroxyl groups is 1. The second-order valence-electron chi connectivity index (χ2n) is 8.63. The number of amides is 1. The number of aryl methyl sites for hydroxylation is 1. The molecule has 0 radical (unpaired) electrons. The van der Waals surface area contributed by atoms with Crippen LogP contribution in [-0.4, -0.2) is 16.8 Å². The third-order valence-electron chi connectivity index (χ3n) is 6.13. The lowest BCUT2D eigenvalue weighted by molar-refractivity contribution is -0.132. The summed E-state index contributed by atoms with van der Waals surface area (Å²) in [4.78, 5) is 28.1. The normalized spacial score (nSPS) is 16.8. The van der Waals surface area contributed by atoms with Crippen LogP contribution in [0.5, 0.6) is 0 Å². The molecule has 1 amide bonds. The molecule has 1 saturated heterocycles. The quantitative estimate of drug-likeness (QED) is 0.178. The van der Waals surface area contributed by atoms with Gasteiger partial charge in [0.1, 0.15) is 5.76 Å². The first-order valence-electron chi connectivity index (χ1n) is 11.5. The highest BCUT2D eigenvalue weighted by atomic mass is 35.5. The first-order chi connectivity index (χ1) is 17.4. The molecule has 0 spiro atoms. The third-order valence-corrected chi connectivity index (χ3v) is 6.38. The van der Waals surface area contributed by atoms with Crippen molar-refractivity contribution >= 4 is 46.1 Å². The van der Waals surface area contributed by atoms with Crippen molar-refractivity contribution in [1.29, 1.82) is 0 Å². The molecule has 36 heavy (non-hydrogen) atoms. The van der Waals surface area contributed by atoms with Crippen LogP contribution >= 0.6 is 11.6 Å². The first kappa shape index (κ1) is 23.4. The molecule has 6 heteroatoms. The molecule has 1 unspecified atom stereocenters. The van der Waals surface area contributed by atoms with Gasteiger partial charge in [0.05, 0.1) is 11.6 Å². The summed E-state index contributed by atoms with van der Waals surface area (Å²) in [5, 5.41) is 15.0. The average molecular weight is 495 g/mol. The lowest BCUT2D eigenvalue weighted by Crippen LogP contribution is -2.29. The van der Waals surface area contributed by atoms with Crippen LogP contribution in [0.2, 0.25) is 5.02 Å². The average Bonchev–Trinajstić information content (AvgIpc) is 3.15. The van der Waals surface area contributed by atoms with Crippen LogP contribution in [0, 0.1) is 6.92 Å². The van der Waals surface area contributed by atoms with Crippen LogP contribution in [-0.2, 0) is 9.59 Å². The maximum Gasteiger partial charge on any atom is 0.300 e. The van der Waals surface area contributed by atoms with Crippen LogP contribution < -0.4 is 10.2 Å². The number of ketones is 1. The van der Waals surface area contributed by atoms with E-state index in [1.807, 2.05) is 73.7 Å². The van der Waals surface area contributed by atoms with E-state index in [0.29, 0.717) is 16.3 Å². The number of hydrogen-bond acceptors (Lipinski definition) is 4. The molecule has 1 atom stereocenters. The molecule has 1 heterocycles. The Balaban J connectivity index is 1.59. The minimum Gasteiger partial charge on any atom is -0.507 e. The molecule has 5 nitrogen and oxygen atoms in total. The van der Waals surface area contributed by atoms with Gasteiger partial charge in [0, 0.05) is 27.6 Å². The Bertz CT molecular complexity index is 1460. The predicted octanol–water partition coefficient (Wildman–Crippen LogP) is 7.02. The number of carbonyl (C=O) groups is 2. The maximum atomic E-state index is 13.3. The minimum absolute atomic E-state index is 0.0411. The molecule has 5 rings (SSSR count). The van der Waals surface area contributed by atoms with E-state index in [2.05, 4.69) is 5.32 Å². The number of anilines is 3. The number of nitrogens with one attached hydrogen (secondary N) is 1. The van der Waals surface area contributed by atoms with Gasteiger partial charge in [0.2, 0.25) is 0 Å². The number of benzene rings is 4. The van der Waals surface area contributed by atoms with Gasteiger partial charge in [-0.2, -0.15) is 0 Å². The lowest BCUT2D eigenvalue weighted by atomic mass is 9.94. The molecule has 4 aromatic rings. The van der Waals surface area contributed by atoms with Crippen molar-refractivity contribution in [1.82, 2.24) is 0 Å². The minimum atomic E-state index is -0.784. The summed E-state index contributed by atoms with van der Waals surface area (Å²) in [6.07, 6.45) is 0. The largest absolute Gasteiger partial charge is 0.507 e. The molecule has 1 aliphatic rings. The van der Waals surface area contributed by atoms with Crippen molar-refractivity contribution in [2.24, 2.45) is 0 Å². The van der Waals surface area contributed by atoms with Gasteiger partial charge < -0.3 is 10.4 Å². The highest BCUT2D eigenvalue weighted by Gasteiger charge is 2.47. The maximum absolute atomic E-state index is 13.3. The molecule has 0 aromatic heterocycles. The molecule has 4 aromatic carbocycles. The van der Waals surface area contributed by atoms with E-state index in [1.165, 1.54) is 4.90 Å². The van der Waals surface area contributed by atoms with E-state index in [1.54, 1.807) is 36.4 Å². The van der Waals surface area contributed by atoms with Crippen molar-refractivity contribution in [2.45, 2.75) is 13.0 Å². The SMILES string of the molecule is Cc1cccc(C2/C(=C(/O)c3ccc(Cl)cc3)C(=O)C(=O)N2c2ccc(Nc3ccccc3)cc2)c1. The van der Waals surface area contributed by atoms with Gasteiger partial charge in [-0.25, -0.2) is 0 Å². The Morgan fingerprint density at radius 1 is 0.833 bits per heavy atom. The second kappa shape index (κ2) is 9.72. The summed E-state index contributed by atoms with van der Waals surface area (Å²) < 4.78 is 0. The summed E-state index contributed by atoms with van der Waals surface area (Å²) >= 11 is 6.00.